The molecular formula is C24H19N7O2. The van der Waals surface area contributed by atoms with Crippen molar-refractivity contribution < 1.29 is 9.53 Å². The van der Waals surface area contributed by atoms with Gasteiger partial charge in [0.15, 0.2) is 5.82 Å². The van der Waals surface area contributed by atoms with Crippen LogP contribution < -0.4 is 10.1 Å². The van der Waals surface area contributed by atoms with Crippen molar-refractivity contribution in [2.45, 2.75) is 6.92 Å². The molecule has 1 amide bonds. The summed E-state index contributed by atoms with van der Waals surface area (Å²) in [6.45, 7) is 1.87. The normalized spacial score (nSPS) is 10.7. The molecular weight excluding hydrogens is 418 g/mol. The number of para-hydroxylation sites is 1. The molecule has 2 aromatic carbocycles. The third kappa shape index (κ3) is 4.33. The molecule has 1 N–H and O–H groups in total. The van der Waals surface area contributed by atoms with Gasteiger partial charge in [0.25, 0.3) is 5.91 Å². The lowest BCUT2D eigenvalue weighted by atomic mass is 10.2. The summed E-state index contributed by atoms with van der Waals surface area (Å²) in [7, 11) is 0. The van der Waals surface area contributed by atoms with Gasteiger partial charge in [0.1, 0.15) is 12.1 Å². The van der Waals surface area contributed by atoms with Crippen LogP contribution in [-0.4, -0.2) is 35.4 Å². The lowest BCUT2D eigenvalue weighted by Crippen LogP contribution is -2.13. The Kier molecular flexibility index (Phi) is 5.34. The second-order valence-corrected chi connectivity index (χ2v) is 7.14. The van der Waals surface area contributed by atoms with Crippen molar-refractivity contribution in [1.29, 1.82) is 0 Å². The van der Waals surface area contributed by atoms with E-state index in [0.29, 0.717) is 28.7 Å². The van der Waals surface area contributed by atoms with E-state index in [1.165, 1.54) is 6.33 Å². The zero-order valence-electron chi connectivity index (χ0n) is 17.7. The van der Waals surface area contributed by atoms with E-state index in [0.717, 1.165) is 11.4 Å². The lowest BCUT2D eigenvalue weighted by Gasteiger charge is -2.09. The number of benzene rings is 2. The van der Waals surface area contributed by atoms with Gasteiger partial charge in [0, 0.05) is 24.1 Å². The molecule has 5 rings (SSSR count). The number of hydrogen-bond donors (Lipinski definition) is 1. The molecule has 0 radical (unpaired) electrons. The molecule has 0 spiro atoms. The molecule has 3 aromatic heterocycles. The van der Waals surface area contributed by atoms with Crippen LogP contribution in [0.3, 0.4) is 0 Å². The Morgan fingerprint density at radius 3 is 2.55 bits per heavy atom. The number of nitrogens with zero attached hydrogens (tertiary/aromatic N) is 6. The van der Waals surface area contributed by atoms with Crippen LogP contribution >= 0.6 is 0 Å². The second-order valence-electron chi connectivity index (χ2n) is 7.14. The van der Waals surface area contributed by atoms with Crippen LogP contribution in [-0.2, 0) is 0 Å². The Morgan fingerprint density at radius 1 is 0.970 bits per heavy atom. The molecule has 33 heavy (non-hydrogen) atoms. The fraction of sp³-hybridized carbons (Fsp3) is 0.0417. The summed E-state index contributed by atoms with van der Waals surface area (Å²) in [6.07, 6.45) is 6.44. The van der Waals surface area contributed by atoms with Gasteiger partial charge in [-0.1, -0.05) is 18.2 Å². The number of hydrogen-bond acceptors (Lipinski definition) is 6. The summed E-state index contributed by atoms with van der Waals surface area (Å²) < 4.78 is 9.18. The van der Waals surface area contributed by atoms with E-state index in [9.17, 15) is 4.79 Å². The molecule has 0 saturated carbocycles. The molecule has 0 saturated heterocycles. The Balaban J connectivity index is 1.27. The molecule has 162 valence electrons. The fourth-order valence-electron chi connectivity index (χ4n) is 3.30. The molecule has 0 aliphatic heterocycles. The zero-order chi connectivity index (χ0) is 22.6. The molecule has 3 heterocycles. The molecule has 0 atom stereocenters. The van der Waals surface area contributed by atoms with Crippen molar-refractivity contribution >= 4 is 11.6 Å². The summed E-state index contributed by atoms with van der Waals surface area (Å²) in [5, 5.41) is 11.4. The maximum absolute atomic E-state index is 12.8. The minimum absolute atomic E-state index is 0.233. The van der Waals surface area contributed by atoms with Gasteiger partial charge in [0.2, 0.25) is 5.88 Å². The van der Waals surface area contributed by atoms with Gasteiger partial charge in [-0.25, -0.2) is 19.3 Å². The van der Waals surface area contributed by atoms with E-state index in [1.54, 1.807) is 58.3 Å². The first kappa shape index (κ1) is 20.1. The zero-order valence-corrected chi connectivity index (χ0v) is 17.7. The van der Waals surface area contributed by atoms with Gasteiger partial charge in [-0.2, -0.15) is 10.2 Å². The van der Waals surface area contributed by atoms with Gasteiger partial charge < -0.3 is 10.1 Å². The third-order valence-corrected chi connectivity index (χ3v) is 4.96. The summed E-state index contributed by atoms with van der Waals surface area (Å²) in [6, 6.07) is 20.2. The predicted molar refractivity (Wildman–Crippen MR) is 122 cm³/mol. The number of ether oxygens (including phenoxy) is 1. The first-order chi connectivity index (χ1) is 16.2. The third-order valence-electron chi connectivity index (χ3n) is 4.96. The van der Waals surface area contributed by atoms with Gasteiger partial charge in [-0.3, -0.25) is 4.79 Å². The van der Waals surface area contributed by atoms with Crippen molar-refractivity contribution in [3.05, 3.63) is 103 Å². The summed E-state index contributed by atoms with van der Waals surface area (Å²) in [5.41, 5.74) is 2.80. The fourth-order valence-corrected chi connectivity index (χ4v) is 3.30. The van der Waals surface area contributed by atoms with Crippen LogP contribution in [0.4, 0.5) is 5.69 Å². The second kappa shape index (κ2) is 8.75. The highest BCUT2D eigenvalue weighted by Crippen LogP contribution is 2.23. The number of carbonyl (C=O) groups is 1. The SMILES string of the molecule is Cc1c(C(=O)Nc2ccc(Oc3cc(-n4cccn4)ncn3)cc2)cnn1-c1ccccc1. The van der Waals surface area contributed by atoms with Crippen molar-refractivity contribution in [3.8, 4) is 23.1 Å². The first-order valence-corrected chi connectivity index (χ1v) is 10.2. The van der Waals surface area contributed by atoms with Crippen LogP contribution in [0.5, 0.6) is 11.6 Å². The van der Waals surface area contributed by atoms with Gasteiger partial charge in [-0.05, 0) is 49.4 Å². The van der Waals surface area contributed by atoms with Crippen LogP contribution in [0.1, 0.15) is 16.1 Å². The van der Waals surface area contributed by atoms with Crippen LogP contribution in [0.25, 0.3) is 11.5 Å². The Morgan fingerprint density at radius 2 is 1.79 bits per heavy atom. The van der Waals surface area contributed by atoms with E-state index in [1.807, 2.05) is 43.3 Å². The molecule has 0 bridgehead atoms. The van der Waals surface area contributed by atoms with E-state index >= 15 is 0 Å². The molecule has 0 unspecified atom stereocenters. The van der Waals surface area contributed by atoms with Gasteiger partial charge >= 0.3 is 0 Å². The lowest BCUT2D eigenvalue weighted by molar-refractivity contribution is 0.102. The number of rotatable bonds is 6. The number of amides is 1. The summed E-state index contributed by atoms with van der Waals surface area (Å²) >= 11 is 0. The highest BCUT2D eigenvalue weighted by atomic mass is 16.5. The van der Waals surface area contributed by atoms with E-state index < -0.39 is 0 Å². The molecule has 5 aromatic rings. The largest absolute Gasteiger partial charge is 0.439 e. The van der Waals surface area contributed by atoms with E-state index in [-0.39, 0.29) is 5.91 Å². The molecule has 9 heteroatoms. The summed E-state index contributed by atoms with van der Waals surface area (Å²) in [5.74, 6) is 1.32. The number of nitrogens with one attached hydrogen (secondary N) is 1. The number of anilines is 1. The van der Waals surface area contributed by atoms with Gasteiger partial charge in [0.05, 0.1) is 23.1 Å². The monoisotopic (exact) mass is 437 g/mol. The predicted octanol–water partition coefficient (Wildman–Crippen LogP) is 4.20. The van der Waals surface area contributed by atoms with Crippen LogP contribution in [0, 0.1) is 6.92 Å². The standard InChI is InChI=1S/C24H19N7O2/c1-17-21(15-28-31(17)19-6-3-2-4-7-19)24(32)29-18-8-10-20(11-9-18)33-23-14-22(25-16-26-23)30-13-5-12-27-30/h2-16H,1H3,(H,29,32). The summed E-state index contributed by atoms with van der Waals surface area (Å²) in [4.78, 5) is 21.1. The maximum atomic E-state index is 12.8. The topological polar surface area (TPSA) is 99.8 Å². The average Bonchev–Trinajstić information content (AvgIpc) is 3.51. The molecule has 0 fully saturated rings. The smallest absolute Gasteiger partial charge is 0.259 e. The average molecular weight is 437 g/mol. The Hall–Kier alpha value is -4.79. The first-order valence-electron chi connectivity index (χ1n) is 10.2. The van der Waals surface area contributed by atoms with Crippen LogP contribution in [0.2, 0.25) is 0 Å². The minimum Gasteiger partial charge on any atom is -0.439 e. The number of carbonyl (C=O) groups excluding carboxylic acids is 1. The molecule has 0 aliphatic carbocycles. The Labute approximate surface area is 189 Å². The van der Waals surface area contributed by atoms with Crippen LogP contribution in [0.15, 0.2) is 91.6 Å². The highest BCUT2D eigenvalue weighted by molar-refractivity contribution is 6.05. The number of aromatic nitrogens is 6. The minimum atomic E-state index is -0.233. The highest BCUT2D eigenvalue weighted by Gasteiger charge is 2.15. The van der Waals surface area contributed by atoms with E-state index in [2.05, 4.69) is 25.5 Å². The van der Waals surface area contributed by atoms with Crippen molar-refractivity contribution in [3.63, 3.8) is 0 Å². The van der Waals surface area contributed by atoms with E-state index in [4.69, 9.17) is 4.74 Å². The van der Waals surface area contributed by atoms with Crippen molar-refractivity contribution in [2.24, 2.45) is 0 Å². The molecule has 9 nitrogen and oxygen atoms in total. The Bertz CT molecular complexity index is 1380. The maximum Gasteiger partial charge on any atom is 0.259 e. The van der Waals surface area contributed by atoms with Crippen molar-refractivity contribution in [2.75, 3.05) is 5.32 Å². The molecule has 0 aliphatic rings. The van der Waals surface area contributed by atoms with Crippen molar-refractivity contribution in [1.82, 2.24) is 29.5 Å². The quantitative estimate of drug-likeness (QED) is 0.427. The van der Waals surface area contributed by atoms with Gasteiger partial charge in [-0.15, -0.1) is 0 Å².